The van der Waals surface area contributed by atoms with Crippen molar-refractivity contribution in [3.8, 4) is 0 Å². The summed E-state index contributed by atoms with van der Waals surface area (Å²) in [6.45, 7) is 3.26. The Morgan fingerprint density at radius 1 is 1.33 bits per heavy atom. The first kappa shape index (κ1) is 12.0. The number of aliphatic hydroxyl groups is 1. The summed E-state index contributed by atoms with van der Waals surface area (Å²) in [7, 11) is 0. The number of carbonyl (C=O) groups is 2. The lowest BCUT2D eigenvalue weighted by Crippen LogP contribution is -2.29. The number of nitrogens with zero attached hydrogens (tertiary/aromatic N) is 1. The number of hydrogen-bond donors (Lipinski definition) is 2. The second-order valence-electron chi connectivity index (χ2n) is 4.11. The number of aliphatic carboxylic acids is 1. The van der Waals surface area contributed by atoms with Crippen LogP contribution >= 0.6 is 0 Å². The number of hydrogen-bond acceptors (Lipinski definition) is 3. The Morgan fingerprint density at radius 2 is 2.00 bits per heavy atom. The van der Waals surface area contributed by atoms with E-state index >= 15 is 0 Å². The van der Waals surface area contributed by atoms with Crippen LogP contribution in [0.3, 0.4) is 0 Å². The molecule has 0 aliphatic carbocycles. The van der Waals surface area contributed by atoms with Gasteiger partial charge in [-0.3, -0.25) is 9.59 Å². The molecule has 0 aromatic rings. The number of rotatable bonds is 4. The maximum absolute atomic E-state index is 11.5. The van der Waals surface area contributed by atoms with Gasteiger partial charge in [-0.05, 0) is 5.92 Å². The highest BCUT2D eigenvalue weighted by Crippen LogP contribution is 2.22. The van der Waals surface area contributed by atoms with E-state index in [1.165, 1.54) is 0 Å². The van der Waals surface area contributed by atoms with Gasteiger partial charge in [0.15, 0.2) is 0 Å². The van der Waals surface area contributed by atoms with E-state index in [1.807, 2.05) is 6.92 Å². The first-order valence-electron chi connectivity index (χ1n) is 5.15. The van der Waals surface area contributed by atoms with Gasteiger partial charge in [-0.2, -0.15) is 0 Å². The van der Waals surface area contributed by atoms with Crippen LogP contribution in [0.4, 0.5) is 0 Å². The molecule has 5 nitrogen and oxygen atoms in total. The van der Waals surface area contributed by atoms with Crippen molar-refractivity contribution in [2.45, 2.75) is 19.8 Å². The number of likely N-dealkylation sites (tertiary alicyclic amines) is 1. The molecule has 0 unspecified atom stereocenters. The standard InChI is InChI=1S/C10H17NO4/c1-7-4-11(5-8(7)6-12)9(13)2-3-10(14)15/h7-8,12H,2-6H2,1H3,(H,14,15)/t7-,8-/m0/s1. The molecule has 1 fully saturated rings. The van der Waals surface area contributed by atoms with Crippen LogP contribution < -0.4 is 0 Å². The van der Waals surface area contributed by atoms with E-state index < -0.39 is 5.97 Å². The van der Waals surface area contributed by atoms with E-state index in [2.05, 4.69) is 0 Å². The molecule has 0 aromatic heterocycles. The number of amides is 1. The van der Waals surface area contributed by atoms with Crippen LogP contribution in [0.5, 0.6) is 0 Å². The summed E-state index contributed by atoms with van der Waals surface area (Å²) in [5, 5.41) is 17.5. The van der Waals surface area contributed by atoms with E-state index in [-0.39, 0.29) is 31.3 Å². The smallest absolute Gasteiger partial charge is 0.303 e. The van der Waals surface area contributed by atoms with Crippen molar-refractivity contribution in [1.82, 2.24) is 4.90 Å². The zero-order valence-electron chi connectivity index (χ0n) is 8.85. The molecule has 1 amide bonds. The van der Waals surface area contributed by atoms with Crippen molar-refractivity contribution < 1.29 is 19.8 Å². The molecule has 1 aliphatic heterocycles. The topological polar surface area (TPSA) is 77.8 Å². The Balaban J connectivity index is 2.39. The molecular formula is C10H17NO4. The number of carboxylic acids is 1. The zero-order valence-corrected chi connectivity index (χ0v) is 8.85. The molecule has 0 bridgehead atoms. The Morgan fingerprint density at radius 3 is 2.47 bits per heavy atom. The van der Waals surface area contributed by atoms with Gasteiger partial charge in [0.25, 0.3) is 0 Å². The molecule has 1 aliphatic rings. The molecule has 1 saturated heterocycles. The summed E-state index contributed by atoms with van der Waals surface area (Å²) in [4.78, 5) is 23.5. The highest BCUT2D eigenvalue weighted by Gasteiger charge is 2.31. The minimum atomic E-state index is -0.950. The first-order valence-corrected chi connectivity index (χ1v) is 5.15. The van der Waals surface area contributed by atoms with E-state index in [1.54, 1.807) is 4.90 Å². The number of aliphatic hydroxyl groups excluding tert-OH is 1. The second kappa shape index (κ2) is 5.11. The molecule has 15 heavy (non-hydrogen) atoms. The molecule has 1 rings (SSSR count). The van der Waals surface area contributed by atoms with Gasteiger partial charge in [-0.25, -0.2) is 0 Å². The van der Waals surface area contributed by atoms with E-state index in [0.29, 0.717) is 19.0 Å². The molecule has 2 N–H and O–H groups in total. The number of carbonyl (C=O) groups excluding carboxylic acids is 1. The number of carboxylic acid groups (broad SMARTS) is 1. The predicted molar refractivity (Wildman–Crippen MR) is 53.2 cm³/mol. The molecule has 0 aromatic carbocycles. The van der Waals surface area contributed by atoms with Crippen molar-refractivity contribution >= 4 is 11.9 Å². The Bertz CT molecular complexity index is 254. The van der Waals surface area contributed by atoms with Crippen LogP contribution in [-0.2, 0) is 9.59 Å². The molecule has 1 heterocycles. The molecule has 2 atom stereocenters. The van der Waals surface area contributed by atoms with Crippen LogP contribution in [0.1, 0.15) is 19.8 Å². The van der Waals surface area contributed by atoms with E-state index in [9.17, 15) is 9.59 Å². The summed E-state index contributed by atoms with van der Waals surface area (Å²) in [5.41, 5.74) is 0. The molecule has 5 heteroatoms. The van der Waals surface area contributed by atoms with Crippen molar-refractivity contribution in [2.24, 2.45) is 11.8 Å². The summed E-state index contributed by atoms with van der Waals surface area (Å²) < 4.78 is 0. The summed E-state index contributed by atoms with van der Waals surface area (Å²) in [6, 6.07) is 0. The van der Waals surface area contributed by atoms with Gasteiger partial charge >= 0.3 is 5.97 Å². The van der Waals surface area contributed by atoms with Crippen molar-refractivity contribution in [3.05, 3.63) is 0 Å². The Labute approximate surface area is 88.7 Å². The highest BCUT2D eigenvalue weighted by atomic mass is 16.4. The lowest BCUT2D eigenvalue weighted by Gasteiger charge is -2.15. The van der Waals surface area contributed by atoms with Gasteiger partial charge < -0.3 is 15.1 Å². The Kier molecular flexibility index (Phi) is 4.08. The minimum Gasteiger partial charge on any atom is -0.481 e. The third kappa shape index (κ3) is 3.20. The van der Waals surface area contributed by atoms with E-state index in [4.69, 9.17) is 10.2 Å². The fraction of sp³-hybridized carbons (Fsp3) is 0.800. The molecule has 0 spiro atoms. The quantitative estimate of drug-likeness (QED) is 0.688. The van der Waals surface area contributed by atoms with Crippen LogP contribution in [0.2, 0.25) is 0 Å². The molecule has 0 radical (unpaired) electrons. The molecule has 0 saturated carbocycles. The molecule has 86 valence electrons. The van der Waals surface area contributed by atoms with Crippen LogP contribution in [0.15, 0.2) is 0 Å². The monoisotopic (exact) mass is 215 g/mol. The fourth-order valence-corrected chi connectivity index (χ4v) is 1.85. The second-order valence-corrected chi connectivity index (χ2v) is 4.11. The maximum Gasteiger partial charge on any atom is 0.303 e. The van der Waals surface area contributed by atoms with E-state index in [0.717, 1.165) is 0 Å². The average molecular weight is 215 g/mol. The van der Waals surface area contributed by atoms with Gasteiger partial charge in [-0.15, -0.1) is 0 Å². The zero-order chi connectivity index (χ0) is 11.4. The summed E-state index contributed by atoms with van der Waals surface area (Å²) >= 11 is 0. The Hall–Kier alpha value is -1.10. The third-order valence-electron chi connectivity index (χ3n) is 2.91. The minimum absolute atomic E-state index is 0.0558. The van der Waals surface area contributed by atoms with Crippen molar-refractivity contribution in [3.63, 3.8) is 0 Å². The first-order chi connectivity index (χ1) is 7.04. The normalized spacial score (nSPS) is 25.6. The lowest BCUT2D eigenvalue weighted by molar-refractivity contribution is -0.140. The third-order valence-corrected chi connectivity index (χ3v) is 2.91. The predicted octanol–water partition coefficient (Wildman–Crippen LogP) is -0.0620. The summed E-state index contributed by atoms with van der Waals surface area (Å²) in [6.07, 6.45) is -0.0618. The maximum atomic E-state index is 11.5. The van der Waals surface area contributed by atoms with Gasteiger partial charge in [-0.1, -0.05) is 6.92 Å². The molecular weight excluding hydrogens is 198 g/mol. The lowest BCUT2D eigenvalue weighted by atomic mass is 10.00. The largest absolute Gasteiger partial charge is 0.481 e. The average Bonchev–Trinajstić information content (AvgIpc) is 2.56. The van der Waals surface area contributed by atoms with Crippen LogP contribution in [-0.4, -0.2) is 46.7 Å². The summed E-state index contributed by atoms with van der Waals surface area (Å²) in [5.74, 6) is -0.642. The van der Waals surface area contributed by atoms with Crippen molar-refractivity contribution in [1.29, 1.82) is 0 Å². The van der Waals surface area contributed by atoms with Crippen LogP contribution in [0, 0.1) is 11.8 Å². The van der Waals surface area contributed by atoms with Gasteiger partial charge in [0.05, 0.1) is 6.42 Å². The van der Waals surface area contributed by atoms with Crippen LogP contribution in [0.25, 0.3) is 0 Å². The van der Waals surface area contributed by atoms with Crippen molar-refractivity contribution in [2.75, 3.05) is 19.7 Å². The van der Waals surface area contributed by atoms with Gasteiger partial charge in [0.1, 0.15) is 0 Å². The SMILES string of the molecule is C[C@H]1CN(C(=O)CCC(=O)O)C[C@H]1CO. The van der Waals surface area contributed by atoms with Gasteiger partial charge in [0, 0.05) is 32.0 Å². The fourth-order valence-electron chi connectivity index (χ4n) is 1.85. The highest BCUT2D eigenvalue weighted by molar-refractivity contribution is 5.80. The van der Waals surface area contributed by atoms with Gasteiger partial charge in [0.2, 0.25) is 5.91 Å².